The average molecular weight is 378 g/mol. The second-order valence-electron chi connectivity index (χ2n) is 0.961. The number of hydrogen-bond donors (Lipinski definition) is 5. The molecule has 0 aliphatic carbocycles. The van der Waals surface area contributed by atoms with E-state index in [1.807, 2.05) is 0 Å². The molecule has 0 aromatic carbocycles. The number of rotatable bonds is 0. The van der Waals surface area contributed by atoms with Crippen molar-refractivity contribution in [3.63, 3.8) is 0 Å². The van der Waals surface area contributed by atoms with E-state index in [4.69, 9.17) is 36.8 Å². The predicted octanol–water partition coefficient (Wildman–Crippen LogP) is -1.89. The van der Waals surface area contributed by atoms with Crippen LogP contribution in [-0.4, -0.2) is 119 Å². The van der Waals surface area contributed by atoms with Gasteiger partial charge in [0.1, 0.15) is 0 Å². The van der Waals surface area contributed by atoms with Gasteiger partial charge in [-0.25, -0.2) is 4.57 Å². The van der Waals surface area contributed by atoms with E-state index in [-0.39, 0.29) is 92.3 Å². The maximum Gasteiger partial charge on any atom is 2.00 e. The van der Waals surface area contributed by atoms with Crippen LogP contribution in [0.2, 0.25) is 0 Å². The van der Waals surface area contributed by atoms with E-state index in [0.717, 1.165) is 0 Å². The quantitative estimate of drug-likeness (QED) is 0.187. The third kappa shape index (κ3) is 226. The van der Waals surface area contributed by atoms with Crippen molar-refractivity contribution in [1.82, 2.24) is 0 Å². The summed E-state index contributed by atoms with van der Waals surface area (Å²) in [5, 5.41) is 0. The Labute approximate surface area is 145 Å². The standard InChI is InChI=1S/Ba.Ca.H3O4P.H2O4S.4H/c;;2*1-5(2,3)4;;;;/h;;(H3,1,2,3,4);(H2,1,2,3,4);;;;/q2*+2;;;4*-1. The smallest absolute Gasteiger partial charge is 1.00 e. The first-order valence-corrected chi connectivity index (χ1v) is 4.44. The molecule has 0 spiro atoms. The zero-order chi connectivity index (χ0) is 9.00. The molecule has 0 heterocycles. The van der Waals surface area contributed by atoms with Crippen molar-refractivity contribution >= 4 is 105 Å². The molecule has 5 N–H and O–H groups in total. The molecule has 0 atom stereocenters. The van der Waals surface area contributed by atoms with Crippen molar-refractivity contribution in [3.05, 3.63) is 0 Å². The molecule has 0 rings (SSSR count). The Bertz CT molecular complexity index is 210. The van der Waals surface area contributed by atoms with Crippen LogP contribution in [0.4, 0.5) is 0 Å². The van der Waals surface area contributed by atoms with Crippen LogP contribution in [0.3, 0.4) is 0 Å². The van der Waals surface area contributed by atoms with Crippen LogP contribution in [-0.2, 0) is 15.0 Å². The van der Waals surface area contributed by atoms with Gasteiger partial charge in [0, 0.05) is 0 Å². The molecule has 0 bridgehead atoms. The molecule has 0 saturated heterocycles. The van der Waals surface area contributed by atoms with Gasteiger partial charge in [0.25, 0.3) is 0 Å². The van der Waals surface area contributed by atoms with E-state index in [0.29, 0.717) is 0 Å². The molecule has 12 heavy (non-hydrogen) atoms. The van der Waals surface area contributed by atoms with Gasteiger partial charge in [-0.2, -0.15) is 8.42 Å². The summed E-state index contributed by atoms with van der Waals surface area (Å²) in [6.45, 7) is 0. The molecule has 0 fully saturated rings. The molecular formula is H9BaCaO8PS. The first kappa shape index (κ1) is 24.2. The summed E-state index contributed by atoms with van der Waals surface area (Å²) < 4.78 is 40.5. The fourth-order valence-corrected chi connectivity index (χ4v) is 0. The SMILES string of the molecule is O=P(O)(O)O.O=S(=O)(O)O.[Ba+2].[Ca+2].[H-].[H-].[H-].[H-]. The Morgan fingerprint density at radius 2 is 1.08 bits per heavy atom. The van der Waals surface area contributed by atoms with Crippen LogP contribution in [0, 0.1) is 0 Å². The monoisotopic (exact) mass is 378 g/mol. The summed E-state index contributed by atoms with van der Waals surface area (Å²) in [5.41, 5.74) is 0. The minimum atomic E-state index is -4.67. The Balaban J connectivity index is -0.00000000970. The summed E-state index contributed by atoms with van der Waals surface area (Å²) >= 11 is 0. The Morgan fingerprint density at radius 3 is 1.08 bits per heavy atom. The zero-order valence-corrected chi connectivity index (χ0v) is 14.1. The Morgan fingerprint density at radius 1 is 1.08 bits per heavy atom. The minimum absolute atomic E-state index is 0. The van der Waals surface area contributed by atoms with Crippen LogP contribution in [0.15, 0.2) is 0 Å². The molecule has 0 aliphatic heterocycles. The van der Waals surface area contributed by atoms with Crippen molar-refractivity contribution in [2.45, 2.75) is 0 Å². The van der Waals surface area contributed by atoms with Crippen LogP contribution in [0.25, 0.3) is 0 Å². The van der Waals surface area contributed by atoms with Crippen molar-refractivity contribution < 1.29 is 42.5 Å². The molecule has 0 saturated carbocycles. The topological polar surface area (TPSA) is 152 Å². The van der Waals surface area contributed by atoms with Crippen molar-refractivity contribution in [2.75, 3.05) is 0 Å². The Kier molecular flexibility index (Phi) is 20.8. The summed E-state index contributed by atoms with van der Waals surface area (Å²) in [4.78, 5) is 21.6. The molecule has 0 radical (unpaired) electrons. The number of phosphoric acid groups is 1. The molecule has 0 aliphatic rings. The second kappa shape index (κ2) is 10.3. The van der Waals surface area contributed by atoms with Gasteiger partial charge in [0.2, 0.25) is 0 Å². The van der Waals surface area contributed by atoms with Crippen molar-refractivity contribution in [1.29, 1.82) is 0 Å². The van der Waals surface area contributed by atoms with Gasteiger partial charge >= 0.3 is 105 Å². The molecule has 8 nitrogen and oxygen atoms in total. The zero-order valence-electron chi connectivity index (χ0n) is 9.73. The predicted molar refractivity (Wildman–Crippen MR) is 44.4 cm³/mol. The van der Waals surface area contributed by atoms with Crippen LogP contribution in [0.5, 0.6) is 0 Å². The molecule has 0 amide bonds. The van der Waals surface area contributed by atoms with E-state index >= 15 is 0 Å². The molecule has 0 unspecified atom stereocenters. The molecular weight excluding hydrogens is 368 g/mol. The van der Waals surface area contributed by atoms with Crippen molar-refractivity contribution in [2.24, 2.45) is 0 Å². The van der Waals surface area contributed by atoms with E-state index < -0.39 is 18.2 Å². The van der Waals surface area contributed by atoms with Crippen LogP contribution in [0.1, 0.15) is 5.71 Å². The third-order valence-corrected chi connectivity index (χ3v) is 0. The van der Waals surface area contributed by atoms with Gasteiger partial charge in [0.05, 0.1) is 0 Å². The van der Waals surface area contributed by atoms with E-state index in [1.54, 1.807) is 0 Å². The fourth-order valence-electron chi connectivity index (χ4n) is 0. The normalized spacial score (nSPS) is 9.75. The van der Waals surface area contributed by atoms with Gasteiger partial charge in [-0.1, -0.05) is 0 Å². The third-order valence-electron chi connectivity index (χ3n) is 0. The van der Waals surface area contributed by atoms with Crippen LogP contribution < -0.4 is 0 Å². The first-order chi connectivity index (χ1) is 4.00. The van der Waals surface area contributed by atoms with Gasteiger partial charge < -0.3 is 20.4 Å². The maximum atomic E-state index is 8.88. The summed E-state index contributed by atoms with van der Waals surface area (Å²) in [7, 11) is -9.31. The fraction of sp³-hybridized carbons (Fsp3) is 0. The van der Waals surface area contributed by atoms with Crippen molar-refractivity contribution in [3.8, 4) is 0 Å². The molecule has 72 valence electrons. The van der Waals surface area contributed by atoms with Crippen LogP contribution >= 0.6 is 7.82 Å². The second-order valence-corrected chi connectivity index (χ2v) is 2.88. The minimum Gasteiger partial charge on any atom is -1.00 e. The van der Waals surface area contributed by atoms with E-state index in [9.17, 15) is 0 Å². The van der Waals surface area contributed by atoms with Gasteiger partial charge in [-0.15, -0.1) is 0 Å². The maximum absolute atomic E-state index is 8.88. The van der Waals surface area contributed by atoms with E-state index in [1.165, 1.54) is 0 Å². The number of hydrogen-bond acceptors (Lipinski definition) is 3. The average Bonchev–Trinajstić information content (AvgIpc) is 1.12. The Hall–Kier alpha value is 2.81. The summed E-state index contributed by atoms with van der Waals surface area (Å²) in [6.07, 6.45) is 0. The van der Waals surface area contributed by atoms with Gasteiger partial charge in [0.15, 0.2) is 0 Å². The van der Waals surface area contributed by atoms with Gasteiger partial charge in [-0.05, 0) is 0 Å². The summed E-state index contributed by atoms with van der Waals surface area (Å²) in [5.74, 6) is 0. The largest absolute Gasteiger partial charge is 2.00 e. The van der Waals surface area contributed by atoms with Gasteiger partial charge in [-0.3, -0.25) is 9.11 Å². The molecule has 0 aromatic heterocycles. The van der Waals surface area contributed by atoms with E-state index in [2.05, 4.69) is 0 Å². The first-order valence-electron chi connectivity index (χ1n) is 1.48. The molecule has 0 aromatic rings. The molecule has 12 heteroatoms. The summed E-state index contributed by atoms with van der Waals surface area (Å²) in [6, 6.07) is 0.